The van der Waals surface area contributed by atoms with Crippen LogP contribution in [0.15, 0.2) is 17.4 Å². The zero-order chi connectivity index (χ0) is 12.5. The van der Waals surface area contributed by atoms with Crippen LogP contribution in [0.4, 0.5) is 0 Å². The highest BCUT2D eigenvalue weighted by molar-refractivity contribution is 5.68. The Bertz CT molecular complexity index is 606. The van der Waals surface area contributed by atoms with E-state index in [1.807, 2.05) is 4.57 Å². The molecular weight excluding hydrogens is 236 g/mol. The predicted molar refractivity (Wildman–Crippen MR) is 63.2 cm³/mol. The van der Waals surface area contributed by atoms with Gasteiger partial charge in [-0.3, -0.25) is 4.79 Å². The van der Waals surface area contributed by atoms with Crippen molar-refractivity contribution in [2.24, 2.45) is 0 Å². The number of nitrogens with zero attached hydrogens (tertiary/aromatic N) is 3. The first-order chi connectivity index (χ1) is 8.81. The first-order valence-electron chi connectivity index (χ1n) is 5.94. The molecule has 1 fully saturated rings. The maximum Gasteiger partial charge on any atom is 0.278 e. The lowest BCUT2D eigenvalue weighted by Gasteiger charge is -2.19. The van der Waals surface area contributed by atoms with Crippen molar-refractivity contribution < 1.29 is 9.84 Å². The highest BCUT2D eigenvalue weighted by Crippen LogP contribution is 2.29. The number of fused-ring (bicyclic) bond motifs is 1. The van der Waals surface area contributed by atoms with Gasteiger partial charge in [-0.05, 0) is 12.8 Å². The summed E-state index contributed by atoms with van der Waals surface area (Å²) in [7, 11) is 0. The summed E-state index contributed by atoms with van der Waals surface area (Å²) >= 11 is 0. The van der Waals surface area contributed by atoms with Gasteiger partial charge in [0.05, 0.1) is 24.8 Å². The van der Waals surface area contributed by atoms with Gasteiger partial charge in [0.1, 0.15) is 0 Å². The van der Waals surface area contributed by atoms with E-state index in [0.717, 1.165) is 6.42 Å². The summed E-state index contributed by atoms with van der Waals surface area (Å²) in [6.07, 6.45) is 4.36. The van der Waals surface area contributed by atoms with Crippen LogP contribution >= 0.6 is 0 Å². The van der Waals surface area contributed by atoms with E-state index >= 15 is 0 Å². The Balaban J connectivity index is 2.04. The summed E-state index contributed by atoms with van der Waals surface area (Å²) in [5, 5.41) is 9.02. The minimum Gasteiger partial charge on any atom is -0.396 e. The summed E-state index contributed by atoms with van der Waals surface area (Å²) in [5.41, 5.74) is 0.667. The summed E-state index contributed by atoms with van der Waals surface area (Å²) in [6.45, 7) is 0.736. The molecule has 2 aromatic rings. The lowest BCUT2D eigenvalue weighted by atomic mass is 10.1. The van der Waals surface area contributed by atoms with Crippen molar-refractivity contribution in [2.45, 2.75) is 25.0 Å². The second-order valence-corrected chi connectivity index (χ2v) is 4.33. The van der Waals surface area contributed by atoms with Crippen molar-refractivity contribution in [1.29, 1.82) is 0 Å². The molecule has 0 spiro atoms. The van der Waals surface area contributed by atoms with E-state index in [9.17, 15) is 4.79 Å². The molecule has 3 rings (SSSR count). The molecule has 3 heterocycles. The fourth-order valence-electron chi connectivity index (χ4n) is 2.46. The van der Waals surface area contributed by atoms with Crippen molar-refractivity contribution in [3.8, 4) is 0 Å². The number of imidazole rings is 1. The second kappa shape index (κ2) is 4.51. The van der Waals surface area contributed by atoms with Gasteiger partial charge in [0.25, 0.3) is 5.56 Å². The molecule has 0 radical (unpaired) electrons. The molecule has 0 amide bonds. The molecular formula is C11H14N4O3. The zero-order valence-corrected chi connectivity index (χ0v) is 9.74. The van der Waals surface area contributed by atoms with Crippen LogP contribution < -0.4 is 5.56 Å². The quantitative estimate of drug-likeness (QED) is 0.789. The maximum atomic E-state index is 11.6. The Morgan fingerprint density at radius 2 is 2.44 bits per heavy atom. The number of aromatic amines is 1. The largest absolute Gasteiger partial charge is 0.396 e. The summed E-state index contributed by atoms with van der Waals surface area (Å²) < 4.78 is 7.46. The van der Waals surface area contributed by atoms with Crippen LogP contribution in [0, 0.1) is 0 Å². The third-order valence-electron chi connectivity index (χ3n) is 3.31. The number of ether oxygens (including phenoxy) is 1. The van der Waals surface area contributed by atoms with Crippen LogP contribution in [0.2, 0.25) is 0 Å². The van der Waals surface area contributed by atoms with Crippen molar-refractivity contribution in [2.75, 3.05) is 13.2 Å². The normalized spacial score (nSPS) is 23.8. The van der Waals surface area contributed by atoms with Gasteiger partial charge in [-0.2, -0.15) is 0 Å². The van der Waals surface area contributed by atoms with Crippen LogP contribution in [0.3, 0.4) is 0 Å². The maximum absolute atomic E-state index is 11.6. The van der Waals surface area contributed by atoms with Crippen LogP contribution in [0.1, 0.15) is 18.9 Å². The molecule has 1 saturated heterocycles. The van der Waals surface area contributed by atoms with E-state index in [0.29, 0.717) is 24.2 Å². The molecule has 1 aliphatic rings. The molecule has 2 atom stereocenters. The number of H-pyrrole nitrogens is 1. The summed E-state index contributed by atoms with van der Waals surface area (Å²) in [5.74, 6) is 0. The zero-order valence-electron chi connectivity index (χ0n) is 9.74. The molecule has 0 bridgehead atoms. The molecule has 0 unspecified atom stereocenters. The van der Waals surface area contributed by atoms with Crippen molar-refractivity contribution in [1.82, 2.24) is 19.5 Å². The van der Waals surface area contributed by atoms with Gasteiger partial charge in [-0.1, -0.05) is 0 Å². The van der Waals surface area contributed by atoms with E-state index in [-0.39, 0.29) is 24.3 Å². The average Bonchev–Trinajstić information content (AvgIpc) is 2.96. The van der Waals surface area contributed by atoms with Gasteiger partial charge < -0.3 is 19.4 Å². The van der Waals surface area contributed by atoms with Crippen molar-refractivity contribution in [3.63, 3.8) is 0 Å². The molecule has 0 aliphatic carbocycles. The SMILES string of the molecule is O=c1[nH]cnc2c1ncn2[C@@H]1CCO[C@H]1CCO. The van der Waals surface area contributed by atoms with Crippen LogP contribution in [0.25, 0.3) is 11.2 Å². The summed E-state index contributed by atoms with van der Waals surface area (Å²) in [4.78, 5) is 22.3. The number of rotatable bonds is 3. The molecule has 96 valence electrons. The third-order valence-corrected chi connectivity index (χ3v) is 3.31. The fraction of sp³-hybridized carbons (Fsp3) is 0.545. The Hall–Kier alpha value is -1.73. The van der Waals surface area contributed by atoms with E-state index < -0.39 is 0 Å². The Kier molecular flexibility index (Phi) is 2.85. The lowest BCUT2D eigenvalue weighted by molar-refractivity contribution is 0.0699. The van der Waals surface area contributed by atoms with E-state index in [4.69, 9.17) is 9.84 Å². The molecule has 18 heavy (non-hydrogen) atoms. The summed E-state index contributed by atoms with van der Waals surface area (Å²) in [6, 6.07) is 0.0800. The number of aliphatic hydroxyl groups excluding tert-OH is 1. The van der Waals surface area contributed by atoms with Crippen LogP contribution in [-0.4, -0.2) is 43.9 Å². The highest BCUT2D eigenvalue weighted by Gasteiger charge is 2.30. The van der Waals surface area contributed by atoms with Gasteiger partial charge >= 0.3 is 0 Å². The van der Waals surface area contributed by atoms with Crippen LogP contribution in [-0.2, 0) is 4.74 Å². The van der Waals surface area contributed by atoms with Gasteiger partial charge in [0.15, 0.2) is 11.2 Å². The van der Waals surface area contributed by atoms with Gasteiger partial charge in [-0.15, -0.1) is 0 Å². The standard InChI is InChI=1S/C11H14N4O3/c16-3-1-8-7(2-4-18-8)15-6-14-9-10(15)12-5-13-11(9)17/h5-8,16H,1-4H2,(H,12,13,17)/t7-,8+/m1/s1. The molecule has 0 aromatic carbocycles. The number of aliphatic hydroxyl groups is 1. The van der Waals surface area contributed by atoms with Gasteiger partial charge in [0.2, 0.25) is 0 Å². The molecule has 0 saturated carbocycles. The number of aromatic nitrogens is 4. The average molecular weight is 250 g/mol. The van der Waals surface area contributed by atoms with E-state index in [1.165, 1.54) is 6.33 Å². The van der Waals surface area contributed by atoms with Crippen molar-refractivity contribution >= 4 is 11.2 Å². The first-order valence-corrected chi connectivity index (χ1v) is 5.94. The Morgan fingerprint density at radius 1 is 1.56 bits per heavy atom. The van der Waals surface area contributed by atoms with E-state index in [2.05, 4.69) is 15.0 Å². The second-order valence-electron chi connectivity index (χ2n) is 4.33. The predicted octanol–water partition coefficient (Wildman–Crippen LogP) is -0.168. The minimum absolute atomic E-state index is 0.0477. The first kappa shape index (κ1) is 11.4. The third kappa shape index (κ3) is 1.72. The highest BCUT2D eigenvalue weighted by atomic mass is 16.5. The molecule has 7 heteroatoms. The van der Waals surface area contributed by atoms with Crippen LogP contribution in [0.5, 0.6) is 0 Å². The minimum atomic E-state index is -0.239. The molecule has 2 N–H and O–H groups in total. The number of hydrogen-bond donors (Lipinski definition) is 2. The Morgan fingerprint density at radius 3 is 3.28 bits per heavy atom. The fourth-order valence-corrected chi connectivity index (χ4v) is 2.46. The van der Waals surface area contributed by atoms with Gasteiger partial charge in [-0.25, -0.2) is 9.97 Å². The van der Waals surface area contributed by atoms with Crippen molar-refractivity contribution in [3.05, 3.63) is 23.0 Å². The van der Waals surface area contributed by atoms with Gasteiger partial charge in [0, 0.05) is 13.2 Å². The molecule has 1 aliphatic heterocycles. The lowest BCUT2D eigenvalue weighted by Crippen LogP contribution is -2.21. The molecule has 2 aromatic heterocycles. The topological polar surface area (TPSA) is 93.0 Å². The smallest absolute Gasteiger partial charge is 0.278 e. The number of nitrogens with one attached hydrogen (secondary N) is 1. The number of hydrogen-bond acceptors (Lipinski definition) is 5. The monoisotopic (exact) mass is 250 g/mol. The van der Waals surface area contributed by atoms with E-state index in [1.54, 1.807) is 6.33 Å². The molecule has 7 nitrogen and oxygen atoms in total. The Labute approximate surface area is 102 Å².